The van der Waals surface area contributed by atoms with E-state index in [1.165, 1.54) is 5.69 Å². The first-order valence-electron chi connectivity index (χ1n) is 11.5. The maximum Gasteiger partial charge on any atom is 0.321 e. The molecular weight excluding hydrogens is 416 g/mol. The van der Waals surface area contributed by atoms with E-state index in [-0.39, 0.29) is 12.1 Å². The molecule has 0 saturated carbocycles. The lowest BCUT2D eigenvalue weighted by Gasteiger charge is -2.34. The molecule has 1 saturated heterocycles. The van der Waals surface area contributed by atoms with Crippen molar-refractivity contribution in [1.29, 1.82) is 0 Å². The van der Waals surface area contributed by atoms with Crippen LogP contribution in [0.15, 0.2) is 42.6 Å². The molecule has 7 nitrogen and oxygen atoms in total. The Balaban J connectivity index is 1.77. The number of anilines is 1. The summed E-state index contributed by atoms with van der Waals surface area (Å²) in [7, 11) is 7.13. The van der Waals surface area contributed by atoms with Gasteiger partial charge in [0.15, 0.2) is 11.5 Å². The highest BCUT2D eigenvalue weighted by molar-refractivity contribution is 5.87. The van der Waals surface area contributed by atoms with Crippen LogP contribution in [0.25, 0.3) is 5.57 Å². The minimum atomic E-state index is -0.124. The van der Waals surface area contributed by atoms with Crippen LogP contribution in [0.4, 0.5) is 10.5 Å². The molecule has 1 atom stereocenters. The molecule has 33 heavy (non-hydrogen) atoms. The lowest BCUT2D eigenvalue weighted by atomic mass is 9.92. The summed E-state index contributed by atoms with van der Waals surface area (Å²) >= 11 is 0. The second-order valence-electron chi connectivity index (χ2n) is 8.76. The topological polar surface area (TPSA) is 57.3 Å². The zero-order chi connectivity index (χ0) is 23.5. The number of carbonyl (C=O) groups is 1. The van der Waals surface area contributed by atoms with Gasteiger partial charge in [-0.1, -0.05) is 12.1 Å². The largest absolute Gasteiger partial charge is 0.493 e. The third-order valence-electron chi connectivity index (χ3n) is 6.65. The summed E-state index contributed by atoms with van der Waals surface area (Å²) in [5, 5.41) is 2.77. The molecule has 7 heteroatoms. The normalized spacial score (nSPS) is 18.8. The molecule has 176 valence electrons. The molecule has 0 aliphatic carbocycles. The zero-order valence-corrected chi connectivity index (χ0v) is 20.2. The van der Waals surface area contributed by atoms with Crippen molar-refractivity contribution < 1.29 is 14.3 Å². The van der Waals surface area contributed by atoms with Gasteiger partial charge in [0.05, 0.1) is 14.2 Å². The molecule has 0 radical (unpaired) electrons. The van der Waals surface area contributed by atoms with Crippen molar-refractivity contribution >= 4 is 17.3 Å². The van der Waals surface area contributed by atoms with E-state index in [1.807, 2.05) is 18.3 Å². The van der Waals surface area contributed by atoms with E-state index in [4.69, 9.17) is 9.47 Å². The summed E-state index contributed by atoms with van der Waals surface area (Å²) in [4.78, 5) is 19.3. The number of ether oxygens (including phenoxy) is 2. The molecule has 2 amide bonds. The Morgan fingerprint density at radius 3 is 2.24 bits per heavy atom. The van der Waals surface area contributed by atoms with Crippen molar-refractivity contribution in [1.82, 2.24) is 15.1 Å². The summed E-state index contributed by atoms with van der Waals surface area (Å²) in [6, 6.07) is 12.6. The van der Waals surface area contributed by atoms with E-state index in [1.54, 1.807) is 26.2 Å². The molecule has 2 aliphatic rings. The molecule has 0 bridgehead atoms. The van der Waals surface area contributed by atoms with Crippen molar-refractivity contribution in [2.24, 2.45) is 0 Å². The fourth-order valence-electron chi connectivity index (χ4n) is 4.63. The van der Waals surface area contributed by atoms with Crippen molar-refractivity contribution in [3.8, 4) is 11.5 Å². The zero-order valence-electron chi connectivity index (χ0n) is 20.2. The highest BCUT2D eigenvalue weighted by atomic mass is 16.5. The highest BCUT2D eigenvalue weighted by Crippen LogP contribution is 2.39. The second kappa shape index (κ2) is 9.75. The van der Waals surface area contributed by atoms with E-state index in [0.717, 1.165) is 48.4 Å². The van der Waals surface area contributed by atoms with Gasteiger partial charge in [-0.25, -0.2) is 4.79 Å². The summed E-state index contributed by atoms with van der Waals surface area (Å²) in [6.45, 7) is 6.26. The molecule has 2 aromatic rings. The number of amides is 2. The van der Waals surface area contributed by atoms with Crippen molar-refractivity contribution in [2.75, 3.05) is 59.4 Å². The van der Waals surface area contributed by atoms with Crippen LogP contribution in [-0.2, 0) is 6.42 Å². The minimum Gasteiger partial charge on any atom is -0.493 e. The first-order valence-corrected chi connectivity index (χ1v) is 11.5. The Kier molecular flexibility index (Phi) is 6.79. The standard InChI is InChI=1S/C26H34N4O3/c1-18-14-20-15-24(32-4)25(33-5)16-22(20)23(17-30(18)26(31)27-2)19-6-8-21(9-7-19)29-12-10-28(3)11-13-29/h6-9,15-18H,10-14H2,1-5H3,(H,27,31)/t18-/m0/s1. The first-order chi connectivity index (χ1) is 15.9. The van der Waals surface area contributed by atoms with Gasteiger partial charge in [-0.15, -0.1) is 0 Å². The Morgan fingerprint density at radius 1 is 1.00 bits per heavy atom. The van der Waals surface area contributed by atoms with Gasteiger partial charge in [0.25, 0.3) is 0 Å². The number of piperazine rings is 1. The fourth-order valence-corrected chi connectivity index (χ4v) is 4.63. The Bertz CT molecular complexity index is 1030. The number of rotatable bonds is 4. The minimum absolute atomic E-state index is 0.0103. The fraction of sp³-hybridized carbons (Fsp3) is 0.423. The number of nitrogens with zero attached hydrogens (tertiary/aromatic N) is 3. The Morgan fingerprint density at radius 2 is 1.64 bits per heavy atom. The van der Waals surface area contributed by atoms with Gasteiger partial charge in [0.2, 0.25) is 0 Å². The summed E-state index contributed by atoms with van der Waals surface area (Å²) in [6.07, 6.45) is 2.68. The van der Waals surface area contributed by atoms with Gasteiger partial charge in [-0.2, -0.15) is 0 Å². The van der Waals surface area contributed by atoms with Crippen LogP contribution in [0, 0.1) is 0 Å². The van der Waals surface area contributed by atoms with Gasteiger partial charge >= 0.3 is 6.03 Å². The molecule has 0 aromatic heterocycles. The van der Waals surface area contributed by atoms with Crippen molar-refractivity contribution in [3.05, 3.63) is 59.3 Å². The summed E-state index contributed by atoms with van der Waals surface area (Å²) in [5.41, 5.74) is 5.46. The Hall–Kier alpha value is -3.19. The van der Waals surface area contributed by atoms with E-state index in [2.05, 4.69) is 53.4 Å². The number of benzene rings is 2. The first kappa shape index (κ1) is 23.0. The van der Waals surface area contributed by atoms with E-state index in [9.17, 15) is 4.79 Å². The Labute approximate surface area is 196 Å². The average Bonchev–Trinajstić information content (AvgIpc) is 2.98. The molecule has 0 spiro atoms. The lowest BCUT2D eigenvalue weighted by Crippen LogP contribution is -2.44. The highest BCUT2D eigenvalue weighted by Gasteiger charge is 2.27. The maximum atomic E-state index is 12.7. The van der Waals surface area contributed by atoms with E-state index in [0.29, 0.717) is 17.9 Å². The molecule has 4 rings (SSSR count). The summed E-state index contributed by atoms with van der Waals surface area (Å²) < 4.78 is 11.2. The smallest absolute Gasteiger partial charge is 0.321 e. The number of hydrogen-bond acceptors (Lipinski definition) is 5. The molecule has 0 unspecified atom stereocenters. The average molecular weight is 451 g/mol. The van der Waals surface area contributed by atoms with Crippen molar-refractivity contribution in [2.45, 2.75) is 19.4 Å². The van der Waals surface area contributed by atoms with Gasteiger partial charge in [-0.3, -0.25) is 4.90 Å². The number of likely N-dealkylation sites (N-methyl/N-ethyl adjacent to an activating group) is 1. The second-order valence-corrected chi connectivity index (χ2v) is 8.76. The van der Waals surface area contributed by atoms with Gasteiger partial charge in [0, 0.05) is 56.7 Å². The predicted octanol–water partition coefficient (Wildman–Crippen LogP) is 3.43. The van der Waals surface area contributed by atoms with Crippen LogP contribution in [0.5, 0.6) is 11.5 Å². The number of methoxy groups -OCH3 is 2. The molecule has 1 N–H and O–H groups in total. The molecule has 2 aliphatic heterocycles. The van der Waals surface area contributed by atoms with E-state index >= 15 is 0 Å². The van der Waals surface area contributed by atoms with Crippen LogP contribution < -0.4 is 19.7 Å². The monoisotopic (exact) mass is 450 g/mol. The van der Waals surface area contributed by atoms with Gasteiger partial charge in [0.1, 0.15) is 0 Å². The number of carbonyl (C=O) groups excluding carboxylic acids is 1. The molecular formula is C26H34N4O3. The number of nitrogens with one attached hydrogen (secondary N) is 1. The predicted molar refractivity (Wildman–Crippen MR) is 132 cm³/mol. The number of urea groups is 1. The molecule has 2 aromatic carbocycles. The number of fused-ring (bicyclic) bond motifs is 1. The van der Waals surface area contributed by atoms with Crippen LogP contribution in [0.3, 0.4) is 0 Å². The molecule has 1 fully saturated rings. The van der Waals surface area contributed by atoms with E-state index < -0.39 is 0 Å². The van der Waals surface area contributed by atoms with Crippen LogP contribution >= 0.6 is 0 Å². The SMILES string of the molecule is CNC(=O)N1C=C(c2ccc(N3CCN(C)CC3)cc2)c2cc(OC)c(OC)cc2C[C@@H]1C. The van der Waals surface area contributed by atoms with Crippen LogP contribution in [0.2, 0.25) is 0 Å². The maximum absolute atomic E-state index is 12.7. The lowest BCUT2D eigenvalue weighted by molar-refractivity contribution is 0.205. The van der Waals surface area contributed by atoms with Crippen LogP contribution in [0.1, 0.15) is 23.6 Å². The van der Waals surface area contributed by atoms with Gasteiger partial charge < -0.3 is 24.6 Å². The molecule has 2 heterocycles. The quantitative estimate of drug-likeness (QED) is 0.774. The third-order valence-corrected chi connectivity index (χ3v) is 6.65. The third kappa shape index (κ3) is 4.64. The van der Waals surface area contributed by atoms with Crippen molar-refractivity contribution in [3.63, 3.8) is 0 Å². The summed E-state index contributed by atoms with van der Waals surface area (Å²) in [5.74, 6) is 1.37. The van der Waals surface area contributed by atoms with Crippen LogP contribution in [-0.4, -0.2) is 76.4 Å². The number of hydrogen-bond donors (Lipinski definition) is 1. The van der Waals surface area contributed by atoms with Gasteiger partial charge in [-0.05, 0) is 61.3 Å².